The van der Waals surface area contributed by atoms with E-state index in [0.717, 1.165) is 61.3 Å². The van der Waals surface area contributed by atoms with Gasteiger partial charge in [-0.15, -0.1) is 0 Å². The number of benzene rings is 7. The molecule has 0 bridgehead atoms. The summed E-state index contributed by atoms with van der Waals surface area (Å²) in [6, 6.07) is 57.5. The second kappa shape index (κ2) is 12.8. The normalized spacial score (nSPS) is 11.4. The number of hydrogen-bond donors (Lipinski definition) is 1. The Labute approximate surface area is 303 Å². The number of aromatic nitrogens is 2. The Hall–Kier alpha value is -6.78. The van der Waals surface area contributed by atoms with Gasteiger partial charge in [-0.05, 0) is 108 Å². The molecule has 2 heterocycles. The highest BCUT2D eigenvalue weighted by molar-refractivity contribution is 6.10. The summed E-state index contributed by atoms with van der Waals surface area (Å²) >= 11 is 0. The van der Waals surface area contributed by atoms with Gasteiger partial charge in [0.25, 0.3) is 0 Å². The van der Waals surface area contributed by atoms with Crippen LogP contribution in [0.5, 0.6) is 5.75 Å². The van der Waals surface area contributed by atoms with E-state index in [4.69, 9.17) is 10.5 Å². The van der Waals surface area contributed by atoms with Crippen LogP contribution in [0.3, 0.4) is 0 Å². The molecule has 4 heteroatoms. The quantitative estimate of drug-likeness (QED) is 0.163. The molecule has 9 aromatic rings. The number of rotatable bonds is 8. The summed E-state index contributed by atoms with van der Waals surface area (Å²) in [6.07, 6.45) is 1.94. The van der Waals surface area contributed by atoms with Crippen molar-refractivity contribution < 1.29 is 4.74 Å². The number of anilines is 1. The third-order valence-corrected chi connectivity index (χ3v) is 10.2. The standard InChI is InChI=1S/C48H37N3O/c1-3-43-32(2)40-28-35(24-26-45(40)50(43)37-17-9-5-10-18-37)41-29-36(30-47(48(41)49)52-31-33-15-7-4-8-16-33)34-23-25-46-42(27-34)39-21-13-14-22-44(39)51(46)38-19-11-6-12-20-38/h3-30H,1,31,49H2,2H3. The van der Waals surface area contributed by atoms with Crippen molar-refractivity contribution in [3.8, 4) is 39.4 Å². The molecule has 250 valence electrons. The van der Waals surface area contributed by atoms with Crippen LogP contribution in [-0.2, 0) is 6.61 Å². The summed E-state index contributed by atoms with van der Waals surface area (Å²) in [5.41, 5.74) is 20.8. The van der Waals surface area contributed by atoms with Crippen LogP contribution in [0.2, 0.25) is 0 Å². The van der Waals surface area contributed by atoms with Crippen LogP contribution in [0.15, 0.2) is 170 Å². The molecule has 0 saturated carbocycles. The lowest BCUT2D eigenvalue weighted by Crippen LogP contribution is -2.01. The molecule has 52 heavy (non-hydrogen) atoms. The van der Waals surface area contributed by atoms with Crippen molar-refractivity contribution >= 4 is 44.5 Å². The monoisotopic (exact) mass is 671 g/mol. The van der Waals surface area contributed by atoms with Crippen LogP contribution in [0.25, 0.3) is 72.4 Å². The summed E-state index contributed by atoms with van der Waals surface area (Å²) in [5.74, 6) is 0.661. The lowest BCUT2D eigenvalue weighted by molar-refractivity contribution is 0.308. The van der Waals surface area contributed by atoms with Crippen LogP contribution < -0.4 is 10.5 Å². The summed E-state index contributed by atoms with van der Waals surface area (Å²) < 4.78 is 11.1. The van der Waals surface area contributed by atoms with E-state index in [0.29, 0.717) is 18.0 Å². The number of para-hydroxylation sites is 3. The first kappa shape index (κ1) is 31.2. The van der Waals surface area contributed by atoms with Crippen LogP contribution >= 0.6 is 0 Å². The first-order valence-electron chi connectivity index (χ1n) is 17.6. The summed E-state index contributed by atoms with van der Waals surface area (Å²) in [7, 11) is 0. The van der Waals surface area contributed by atoms with Crippen molar-refractivity contribution in [2.24, 2.45) is 0 Å². The first-order chi connectivity index (χ1) is 25.6. The summed E-state index contributed by atoms with van der Waals surface area (Å²) in [6.45, 7) is 6.75. The fourth-order valence-corrected chi connectivity index (χ4v) is 7.63. The molecule has 0 radical (unpaired) electrons. The largest absolute Gasteiger partial charge is 0.487 e. The van der Waals surface area contributed by atoms with E-state index < -0.39 is 0 Å². The molecule has 0 aliphatic rings. The summed E-state index contributed by atoms with van der Waals surface area (Å²) in [5, 5.41) is 3.56. The molecule has 0 aliphatic carbocycles. The highest BCUT2D eigenvalue weighted by atomic mass is 16.5. The van der Waals surface area contributed by atoms with E-state index in [2.05, 4.69) is 162 Å². The Balaban J connectivity index is 1.22. The summed E-state index contributed by atoms with van der Waals surface area (Å²) in [4.78, 5) is 0. The molecular formula is C48H37N3O. The predicted octanol–water partition coefficient (Wildman–Crippen LogP) is 12.2. The van der Waals surface area contributed by atoms with Gasteiger partial charge in [-0.2, -0.15) is 0 Å². The van der Waals surface area contributed by atoms with Gasteiger partial charge in [0.05, 0.1) is 22.2 Å². The average molecular weight is 672 g/mol. The van der Waals surface area contributed by atoms with Gasteiger partial charge in [-0.1, -0.05) is 104 Å². The number of nitrogens with two attached hydrogens (primary N) is 1. The van der Waals surface area contributed by atoms with Crippen molar-refractivity contribution in [1.29, 1.82) is 0 Å². The minimum Gasteiger partial charge on any atom is -0.487 e. The maximum atomic E-state index is 7.04. The van der Waals surface area contributed by atoms with E-state index in [1.807, 2.05) is 30.3 Å². The molecule has 9 rings (SSSR count). The topological polar surface area (TPSA) is 45.1 Å². The van der Waals surface area contributed by atoms with Gasteiger partial charge in [0.2, 0.25) is 0 Å². The van der Waals surface area contributed by atoms with Gasteiger partial charge in [0, 0.05) is 38.8 Å². The number of fused-ring (bicyclic) bond motifs is 4. The van der Waals surface area contributed by atoms with Gasteiger partial charge in [0.15, 0.2) is 0 Å². The number of hydrogen-bond acceptors (Lipinski definition) is 2. The third kappa shape index (κ3) is 5.24. The zero-order valence-electron chi connectivity index (χ0n) is 29.0. The minimum atomic E-state index is 0.415. The molecule has 4 nitrogen and oxygen atoms in total. The maximum absolute atomic E-state index is 7.04. The predicted molar refractivity (Wildman–Crippen MR) is 219 cm³/mol. The van der Waals surface area contributed by atoms with E-state index in [-0.39, 0.29) is 0 Å². The smallest absolute Gasteiger partial charge is 0.143 e. The van der Waals surface area contributed by atoms with E-state index >= 15 is 0 Å². The van der Waals surface area contributed by atoms with Crippen LogP contribution in [0, 0.1) is 6.92 Å². The van der Waals surface area contributed by atoms with Crippen molar-refractivity contribution in [1.82, 2.24) is 9.13 Å². The molecule has 7 aromatic carbocycles. The van der Waals surface area contributed by atoms with Crippen molar-refractivity contribution in [3.63, 3.8) is 0 Å². The van der Waals surface area contributed by atoms with Gasteiger partial charge in [-0.3, -0.25) is 0 Å². The lowest BCUT2D eigenvalue weighted by Gasteiger charge is -2.17. The molecule has 0 atom stereocenters. The molecular weight excluding hydrogens is 635 g/mol. The maximum Gasteiger partial charge on any atom is 0.143 e. The molecule has 0 amide bonds. The number of nitrogen functional groups attached to an aromatic ring is 1. The molecule has 0 aliphatic heterocycles. The first-order valence-corrected chi connectivity index (χ1v) is 17.6. The van der Waals surface area contributed by atoms with Gasteiger partial charge < -0.3 is 19.6 Å². The van der Waals surface area contributed by atoms with Gasteiger partial charge in [-0.25, -0.2) is 0 Å². The van der Waals surface area contributed by atoms with Crippen molar-refractivity contribution in [2.45, 2.75) is 13.5 Å². The SMILES string of the molecule is C=Cc1c(C)c2cc(-c3cc(-c4ccc5c(c4)c4ccccc4n5-c4ccccc4)cc(OCc4ccccc4)c3N)ccc2n1-c1ccccc1. The zero-order chi connectivity index (χ0) is 35.2. The Morgan fingerprint density at radius 1 is 0.558 bits per heavy atom. The Morgan fingerprint density at radius 2 is 1.13 bits per heavy atom. The van der Waals surface area contributed by atoms with E-state index in [9.17, 15) is 0 Å². The van der Waals surface area contributed by atoms with Crippen LogP contribution in [0.1, 0.15) is 16.8 Å². The molecule has 0 saturated heterocycles. The van der Waals surface area contributed by atoms with E-state index in [1.165, 1.54) is 21.9 Å². The molecule has 2 N–H and O–H groups in total. The van der Waals surface area contributed by atoms with Gasteiger partial charge >= 0.3 is 0 Å². The van der Waals surface area contributed by atoms with Crippen LogP contribution in [0.4, 0.5) is 5.69 Å². The minimum absolute atomic E-state index is 0.415. The average Bonchev–Trinajstić information content (AvgIpc) is 3.69. The highest BCUT2D eigenvalue weighted by Gasteiger charge is 2.19. The van der Waals surface area contributed by atoms with Crippen molar-refractivity contribution in [3.05, 3.63) is 187 Å². The fourth-order valence-electron chi connectivity index (χ4n) is 7.63. The second-order valence-electron chi connectivity index (χ2n) is 13.2. The van der Waals surface area contributed by atoms with Crippen molar-refractivity contribution in [2.75, 3.05) is 5.73 Å². The third-order valence-electron chi connectivity index (χ3n) is 10.2. The fraction of sp³-hybridized carbons (Fsp3) is 0.0417. The highest BCUT2D eigenvalue weighted by Crippen LogP contribution is 2.42. The number of aryl methyl sites for hydroxylation is 1. The molecule has 0 fully saturated rings. The Morgan fingerprint density at radius 3 is 1.85 bits per heavy atom. The number of ether oxygens (including phenoxy) is 1. The molecule has 0 spiro atoms. The molecule has 0 unspecified atom stereocenters. The van der Waals surface area contributed by atoms with E-state index in [1.54, 1.807) is 0 Å². The Kier molecular flexibility index (Phi) is 7.71. The second-order valence-corrected chi connectivity index (χ2v) is 13.2. The van der Waals surface area contributed by atoms with Gasteiger partial charge in [0.1, 0.15) is 12.4 Å². The zero-order valence-corrected chi connectivity index (χ0v) is 29.0. The number of nitrogens with zero attached hydrogens (tertiary/aromatic N) is 2. The molecule has 2 aromatic heterocycles. The van der Waals surface area contributed by atoms with Crippen LogP contribution in [-0.4, -0.2) is 9.13 Å². The lowest BCUT2D eigenvalue weighted by atomic mass is 9.95. The Bertz CT molecular complexity index is 2760.